The Labute approximate surface area is 117 Å². The third-order valence-electron chi connectivity index (χ3n) is 3.10. The van der Waals surface area contributed by atoms with Crippen LogP contribution in [0.3, 0.4) is 0 Å². The van der Waals surface area contributed by atoms with Crippen molar-refractivity contribution >= 4 is 16.6 Å². The highest BCUT2D eigenvalue weighted by molar-refractivity contribution is 7.86. The van der Waals surface area contributed by atoms with Gasteiger partial charge in [0.15, 0.2) is 5.78 Å². The van der Waals surface area contributed by atoms with Crippen LogP contribution in [0.4, 0.5) is 0 Å². The smallest absolute Gasteiger partial charge is 0.178 e. The molecule has 0 aliphatic rings. The molecule has 0 aliphatic carbocycles. The fraction of sp³-hybridized carbons (Fsp3) is 0.533. The molecule has 0 spiro atoms. The molecule has 0 amide bonds. The normalized spacial score (nSPS) is 14.1. The Morgan fingerprint density at radius 2 is 1.95 bits per heavy atom. The lowest BCUT2D eigenvalue weighted by molar-refractivity contribution is 0.0992. The molecule has 4 heteroatoms. The molecule has 2 unspecified atom stereocenters. The fourth-order valence-electron chi connectivity index (χ4n) is 1.78. The van der Waals surface area contributed by atoms with Gasteiger partial charge in [-0.3, -0.25) is 9.00 Å². The molecular weight excluding hydrogens is 260 g/mol. The summed E-state index contributed by atoms with van der Waals surface area (Å²) in [6.45, 7) is 4.39. The molecule has 0 fully saturated rings. The second-order valence-electron chi connectivity index (χ2n) is 4.49. The number of ketones is 1. The van der Waals surface area contributed by atoms with E-state index in [1.54, 1.807) is 14.0 Å². The van der Waals surface area contributed by atoms with Crippen LogP contribution >= 0.6 is 0 Å². The highest BCUT2D eigenvalue weighted by Crippen LogP contribution is 2.11. The predicted molar refractivity (Wildman–Crippen MR) is 79.1 cm³/mol. The van der Waals surface area contributed by atoms with Gasteiger partial charge in [0.1, 0.15) is 0 Å². The number of benzene rings is 1. The van der Waals surface area contributed by atoms with Crippen molar-refractivity contribution in [3.63, 3.8) is 0 Å². The van der Waals surface area contributed by atoms with Gasteiger partial charge >= 0.3 is 0 Å². The van der Waals surface area contributed by atoms with Crippen LogP contribution in [0, 0.1) is 0 Å². The summed E-state index contributed by atoms with van der Waals surface area (Å²) in [5.74, 6) is 0.465. The van der Waals surface area contributed by atoms with Crippen LogP contribution < -0.4 is 0 Å². The second kappa shape index (κ2) is 8.23. The van der Waals surface area contributed by atoms with Gasteiger partial charge in [-0.15, -0.1) is 0 Å². The van der Waals surface area contributed by atoms with Gasteiger partial charge in [-0.25, -0.2) is 0 Å². The van der Waals surface area contributed by atoms with E-state index < -0.39 is 16.0 Å². The van der Waals surface area contributed by atoms with Crippen molar-refractivity contribution in [2.75, 3.05) is 19.5 Å². The zero-order chi connectivity index (χ0) is 14.3. The van der Waals surface area contributed by atoms with Gasteiger partial charge in [0.25, 0.3) is 0 Å². The average Bonchev–Trinajstić information content (AvgIpc) is 2.46. The Bertz CT molecular complexity index is 426. The van der Waals surface area contributed by atoms with Crippen molar-refractivity contribution < 1.29 is 13.7 Å². The second-order valence-corrected chi connectivity index (χ2v) is 6.37. The zero-order valence-electron chi connectivity index (χ0n) is 11.8. The molecule has 0 saturated heterocycles. The summed E-state index contributed by atoms with van der Waals surface area (Å²) in [5, 5.41) is -0.454. The molecule has 0 bridgehead atoms. The van der Waals surface area contributed by atoms with E-state index in [1.807, 2.05) is 24.3 Å². The topological polar surface area (TPSA) is 43.4 Å². The van der Waals surface area contributed by atoms with E-state index in [0.29, 0.717) is 17.9 Å². The zero-order valence-corrected chi connectivity index (χ0v) is 12.7. The number of methoxy groups -OCH3 is 1. The molecule has 0 aliphatic heterocycles. The molecule has 2 atom stereocenters. The van der Waals surface area contributed by atoms with Gasteiger partial charge in [-0.05, 0) is 25.3 Å². The molecule has 0 radical (unpaired) electrons. The summed E-state index contributed by atoms with van der Waals surface area (Å²) < 4.78 is 16.9. The van der Waals surface area contributed by atoms with Gasteiger partial charge in [0, 0.05) is 35.8 Å². The van der Waals surface area contributed by atoms with Crippen LogP contribution in [0.25, 0.3) is 0 Å². The number of hydrogen-bond donors (Lipinski definition) is 0. The first kappa shape index (κ1) is 16.1. The lowest BCUT2D eigenvalue weighted by atomic mass is 10.1. The molecule has 1 aromatic carbocycles. The number of Topliss-reactive ketones (excluding diaryl/α,β-unsaturated/α-hetero) is 1. The number of aryl methyl sites for hydroxylation is 1. The van der Waals surface area contributed by atoms with E-state index in [2.05, 4.69) is 6.92 Å². The predicted octanol–water partition coefficient (Wildman–Crippen LogP) is 2.61. The number of hydrogen-bond acceptors (Lipinski definition) is 3. The number of ether oxygens (including phenoxy) is 1. The van der Waals surface area contributed by atoms with Crippen LogP contribution in [-0.2, 0) is 22.0 Å². The summed E-state index contributed by atoms with van der Waals surface area (Å²) in [4.78, 5) is 12.2. The van der Waals surface area contributed by atoms with E-state index in [4.69, 9.17) is 4.74 Å². The summed E-state index contributed by atoms with van der Waals surface area (Å²) in [6.07, 6.45) is 1.67. The van der Waals surface area contributed by atoms with E-state index in [0.717, 1.165) is 12.8 Å². The Morgan fingerprint density at radius 3 is 2.47 bits per heavy atom. The Morgan fingerprint density at radius 1 is 1.32 bits per heavy atom. The van der Waals surface area contributed by atoms with E-state index >= 15 is 0 Å². The molecule has 1 rings (SSSR count). The minimum atomic E-state index is -1.13. The van der Waals surface area contributed by atoms with Crippen molar-refractivity contribution in [1.29, 1.82) is 0 Å². The van der Waals surface area contributed by atoms with Crippen LogP contribution in [0.1, 0.15) is 36.2 Å². The fourth-order valence-corrected chi connectivity index (χ4v) is 2.91. The summed E-state index contributed by atoms with van der Waals surface area (Å²) in [5.41, 5.74) is 1.84. The van der Waals surface area contributed by atoms with E-state index in [1.165, 1.54) is 5.56 Å². The van der Waals surface area contributed by atoms with Crippen molar-refractivity contribution in [3.05, 3.63) is 35.4 Å². The summed E-state index contributed by atoms with van der Waals surface area (Å²) in [7, 11) is 0.484. The van der Waals surface area contributed by atoms with Crippen LogP contribution in [0.2, 0.25) is 0 Å². The molecule has 0 aromatic heterocycles. The maximum atomic E-state index is 12.2. The summed E-state index contributed by atoms with van der Waals surface area (Å²) in [6, 6.07) is 7.55. The van der Waals surface area contributed by atoms with Crippen molar-refractivity contribution in [3.8, 4) is 0 Å². The molecule has 1 aromatic rings. The molecule has 106 valence electrons. The lowest BCUT2D eigenvalue weighted by Gasteiger charge is -2.10. The van der Waals surface area contributed by atoms with Gasteiger partial charge < -0.3 is 4.74 Å². The molecule has 3 nitrogen and oxygen atoms in total. The van der Waals surface area contributed by atoms with Crippen LogP contribution in [-0.4, -0.2) is 34.7 Å². The van der Waals surface area contributed by atoms with Crippen LogP contribution in [0.5, 0.6) is 0 Å². The first-order valence-corrected chi connectivity index (χ1v) is 7.97. The van der Waals surface area contributed by atoms with Crippen molar-refractivity contribution in [1.82, 2.24) is 0 Å². The Kier molecular flexibility index (Phi) is 6.95. The molecule has 0 heterocycles. The summed E-state index contributed by atoms with van der Waals surface area (Å²) >= 11 is 0. The van der Waals surface area contributed by atoms with Gasteiger partial charge in [0.05, 0.1) is 5.25 Å². The van der Waals surface area contributed by atoms with Crippen molar-refractivity contribution in [2.24, 2.45) is 0 Å². The Balaban J connectivity index is 2.62. The highest BCUT2D eigenvalue weighted by Gasteiger charge is 2.20. The minimum Gasteiger partial charge on any atom is -0.385 e. The monoisotopic (exact) mass is 282 g/mol. The first-order valence-electron chi connectivity index (χ1n) is 6.59. The maximum absolute atomic E-state index is 12.2. The molecular formula is C15H22O3S. The molecule has 0 N–H and O–H groups in total. The van der Waals surface area contributed by atoms with Crippen molar-refractivity contribution in [2.45, 2.75) is 31.9 Å². The van der Waals surface area contributed by atoms with E-state index in [-0.39, 0.29) is 5.78 Å². The van der Waals surface area contributed by atoms with Gasteiger partial charge in [0.2, 0.25) is 0 Å². The first-order chi connectivity index (χ1) is 9.10. The molecule has 0 saturated carbocycles. The van der Waals surface area contributed by atoms with Crippen LogP contribution in [0.15, 0.2) is 24.3 Å². The number of carbonyl (C=O) groups excluding carboxylic acids is 1. The molecule has 19 heavy (non-hydrogen) atoms. The quantitative estimate of drug-likeness (QED) is 0.544. The Hall–Kier alpha value is -1.00. The highest BCUT2D eigenvalue weighted by atomic mass is 32.2. The van der Waals surface area contributed by atoms with Gasteiger partial charge in [-0.2, -0.15) is 0 Å². The largest absolute Gasteiger partial charge is 0.385 e. The third kappa shape index (κ3) is 4.88. The number of rotatable bonds is 8. The SMILES string of the molecule is CCc1ccc(C(=O)C(C)S(=O)CCCOC)cc1. The third-order valence-corrected chi connectivity index (χ3v) is 4.80. The average molecular weight is 282 g/mol. The minimum absolute atomic E-state index is 0.0431. The van der Waals surface area contributed by atoms with Gasteiger partial charge in [-0.1, -0.05) is 31.2 Å². The standard InChI is InChI=1S/C15H22O3S/c1-4-13-6-8-14(9-7-13)15(16)12(2)19(17)11-5-10-18-3/h6-9,12H,4-5,10-11H2,1-3H3. The number of carbonyl (C=O) groups is 1. The van der Waals surface area contributed by atoms with E-state index in [9.17, 15) is 9.00 Å². The maximum Gasteiger partial charge on any atom is 0.178 e. The lowest BCUT2D eigenvalue weighted by Crippen LogP contribution is -2.25.